The Morgan fingerprint density at radius 3 is 1.05 bits per heavy atom. The van der Waals surface area contributed by atoms with Crippen molar-refractivity contribution in [2.45, 2.75) is 310 Å². The van der Waals surface area contributed by atoms with Crippen molar-refractivity contribution in [3.63, 3.8) is 0 Å². The summed E-state index contributed by atoms with van der Waals surface area (Å²) in [4.78, 5) is 82.1. The molecule has 13 rings (SSSR count). The molecule has 5 aromatic rings. The molecule has 8 fully saturated rings. The maximum atomic E-state index is 15.2. The van der Waals surface area contributed by atoms with Gasteiger partial charge in [-0.2, -0.15) is 0 Å². The van der Waals surface area contributed by atoms with Crippen molar-refractivity contribution >= 4 is 57.1 Å². The summed E-state index contributed by atoms with van der Waals surface area (Å²) in [5, 5.41) is 287. The molecule has 766 valence electrons. The minimum Gasteiger partial charge on any atom is -0.544 e. The summed E-state index contributed by atoms with van der Waals surface area (Å²) in [5.74, 6) is -15.2. The van der Waals surface area contributed by atoms with Crippen molar-refractivity contribution in [3.8, 4) is 0 Å². The van der Waals surface area contributed by atoms with Gasteiger partial charge in [0.15, 0.2) is 37.7 Å². The minimum atomic E-state index is -3.42. The van der Waals surface area contributed by atoms with Gasteiger partial charge in [-0.05, 0) is 70.8 Å². The summed E-state index contributed by atoms with van der Waals surface area (Å²) < 4.78 is 99.3. The third-order valence-electron chi connectivity index (χ3n) is 25.5. The average Bonchev–Trinajstić information content (AvgIpc) is 0.749. The van der Waals surface area contributed by atoms with Gasteiger partial charge in [-0.1, -0.05) is 84.9 Å². The number of fused-ring (bicyclic) bond motifs is 2. The maximum Gasteiger partial charge on any atom is 1.00 e. The molecule has 0 radical (unpaired) electrons. The fourth-order valence-corrected chi connectivity index (χ4v) is 18.0. The second-order valence-electron chi connectivity index (χ2n) is 35.1. The van der Waals surface area contributed by atoms with Crippen molar-refractivity contribution in [2.24, 2.45) is 0 Å². The van der Waals surface area contributed by atoms with E-state index in [9.17, 15) is 142 Å². The topological polar surface area (TPSA) is 789 Å². The molecule has 0 saturated carbocycles. The number of nitrogens with one attached hydrogen (secondary N) is 4. The van der Waals surface area contributed by atoms with Crippen molar-refractivity contribution in [1.82, 2.24) is 21.3 Å². The van der Waals surface area contributed by atoms with Gasteiger partial charge in [0.1, 0.15) is 183 Å². The molecule has 4 amide bonds. The molecule has 42 atom stereocenters. The molecule has 0 spiro atoms. The van der Waals surface area contributed by atoms with E-state index in [1.807, 2.05) is 0 Å². The van der Waals surface area contributed by atoms with Gasteiger partial charge in [0.05, 0.1) is 89.4 Å². The number of ether oxygens (including phenoxy) is 16. The predicted molar refractivity (Wildman–Crippen MR) is 447 cm³/mol. The molecule has 8 aliphatic heterocycles. The van der Waals surface area contributed by atoms with Crippen molar-refractivity contribution in [2.75, 3.05) is 39.6 Å². The quantitative estimate of drug-likeness (QED) is 0.0166. The van der Waals surface area contributed by atoms with Crippen LogP contribution >= 0.6 is 0 Å². The van der Waals surface area contributed by atoms with Gasteiger partial charge in [0.2, 0.25) is 23.4 Å². The van der Waals surface area contributed by atoms with Crippen molar-refractivity contribution in [1.29, 1.82) is 0 Å². The summed E-state index contributed by atoms with van der Waals surface area (Å²) >= 11 is 0. The van der Waals surface area contributed by atoms with E-state index >= 15 is 9.59 Å². The van der Waals surface area contributed by atoms with Crippen LogP contribution in [0.25, 0.3) is 21.5 Å². The van der Waals surface area contributed by atoms with Gasteiger partial charge in [-0.15, -0.1) is 0 Å². The maximum absolute atomic E-state index is 15.2. The van der Waals surface area contributed by atoms with E-state index in [0.29, 0.717) is 21.5 Å². The SMILES string of the molecule is CC(=O)N[C@@H]1[C@@H]([C@H](O)[C@H](O)CO)O[C@](O[C@H]2[C@@H](O)[C@@H](O[C@@H]3[C@@H](O[C@H]4O[C@H](C)[C@H](O)[C@@H](O)[C@H]4O)[C@@H](NC(=O)c4ccc5ccccc5c4)[C@@H](OCc4cccc(CO[C@@H]5O[C@@H](CO)[C@@H](O[C@@H]6O[C@@H](CO)[C@H](O)[C@H](O[C@]7(C(=O)[O-])C[C@@H](O)[C@@H](NC(C)=O)[C@H]([C@H](O)[C@H](O)CO)O7)[C@@H]6O)[C@H](O[C@@H]6O[C@@H](C)[C@@H](O)[C@H](O)[C@@H]6O)[C@@H]5NC(=O)c5ccc6ccccc6c5)c4)O[C@@H]3CO)O[C@H](CO)[C@H]2O)(C(=O)[O-])C[C@@H]1O.[Na+].[Na+]. The van der Waals surface area contributed by atoms with Crippen LogP contribution in [0, 0.1) is 0 Å². The number of benzene rings is 5. The largest absolute Gasteiger partial charge is 1.00 e. The number of aliphatic hydroxyl groups is 22. The van der Waals surface area contributed by atoms with Gasteiger partial charge in [-0.3, -0.25) is 19.2 Å². The fraction of sp³-hybridized carbons (Fsp3) is 0.636. The molecule has 140 heavy (non-hydrogen) atoms. The standard InChI is InChI=1S/C88H118N4O46.2Na/c1-33-57(105)63(111)65(113)81(125-33)133-73-55(91-77(117)43-18-16-39-12-5-7-14-41(39)21-43)79(129-51(29-97)69(73)131-83-67(115)75(61(109)49(27-95)127-83)137-87(85(119)120)23-45(101)53(89-35(3)99)71(135-87)59(107)47(103)25-93)123-31-37-10-9-11-38(20-37)32-124-80-56(92-78(118)44-19-17-40-13-6-8-15-42(40)22-44)74(134-82-66(114)64(112)58(106)34(2)126-82)70(52(30-98)130-80)132-84-68(116)76(62(110)50(28-96)128-84)138-88(86(121)122)24-46(102)54(90-36(4)100)72(136-88)60(108)48(104)26-94;;/h5-22,33-34,45-76,79-84,93-98,101-116H,23-32H2,1-4H3,(H,89,99)(H,90,100)(H,91,117)(H,92,118)(H,119,120)(H,121,122);;/q;2*+1/p-2/t33-,34+,45+,46-,47-,48-,49-,50+,51-,52+,53+,54-,55-,56+,57+,58-,59-,60-,61-,62+,63-,64+,65-,66+,67-,68+,69+,70-,71+,72-,73+,74-,75-,76+,79+,80-,81-,82+,83-,84+,87-,88+;;/m1../s1. The number of hydrogen-bond acceptors (Lipinski definition) is 46. The molecule has 0 bridgehead atoms. The van der Waals surface area contributed by atoms with Crippen LogP contribution < -0.4 is 90.6 Å². The number of carboxylic acid groups (broad SMARTS) is 2. The molecule has 50 nitrogen and oxygen atoms in total. The molecular weight excluding hydrogens is 1890 g/mol. The van der Waals surface area contributed by atoms with Gasteiger partial charge >= 0.3 is 59.1 Å². The molecule has 52 heteroatoms. The number of carboxylic acids is 2. The van der Waals surface area contributed by atoms with E-state index in [0.717, 1.165) is 13.8 Å². The molecule has 8 aliphatic rings. The summed E-state index contributed by atoms with van der Waals surface area (Å²) in [5.41, 5.74) is 0.252. The first-order valence-electron chi connectivity index (χ1n) is 44.3. The van der Waals surface area contributed by atoms with Gasteiger partial charge < -0.3 is 229 Å². The third-order valence-corrected chi connectivity index (χ3v) is 25.5. The Morgan fingerprint density at radius 1 is 0.379 bits per heavy atom. The number of rotatable bonds is 36. The number of amides is 4. The summed E-state index contributed by atoms with van der Waals surface area (Å²) in [6.07, 6.45) is -78.8. The minimum absolute atomic E-state index is 0. The van der Waals surface area contributed by atoms with Crippen LogP contribution in [0.4, 0.5) is 0 Å². The molecular formula is C88H116N4Na2O46. The first kappa shape index (κ1) is 114. The van der Waals surface area contributed by atoms with Crippen LogP contribution in [0.15, 0.2) is 109 Å². The number of hydrogen-bond donors (Lipinski definition) is 26. The average molecular weight is 2010 g/mol. The van der Waals surface area contributed by atoms with E-state index in [4.69, 9.17) is 75.8 Å². The molecule has 5 aromatic carbocycles. The normalized spacial score (nSPS) is 38.9. The van der Waals surface area contributed by atoms with Crippen LogP contribution in [0.5, 0.6) is 0 Å². The molecule has 0 unspecified atom stereocenters. The molecule has 8 heterocycles. The zero-order valence-corrected chi connectivity index (χ0v) is 80.2. The van der Waals surface area contributed by atoms with Gasteiger partial charge in [0.25, 0.3) is 11.8 Å². The van der Waals surface area contributed by atoms with Crippen LogP contribution in [0.3, 0.4) is 0 Å². The monoisotopic (exact) mass is 2010 g/mol. The second-order valence-corrected chi connectivity index (χ2v) is 35.1. The van der Waals surface area contributed by atoms with Gasteiger partial charge in [-0.25, -0.2) is 0 Å². The van der Waals surface area contributed by atoms with Crippen LogP contribution in [0.2, 0.25) is 0 Å². The Labute approximate surface area is 840 Å². The molecule has 8 saturated heterocycles. The molecule has 26 N–H and O–H groups in total. The Balaban J connectivity index is 0.00000937. The van der Waals surface area contributed by atoms with E-state index in [1.165, 1.54) is 62.4 Å². The number of aliphatic hydroxyl groups excluding tert-OH is 22. The van der Waals surface area contributed by atoms with Crippen LogP contribution in [-0.2, 0) is 108 Å². The molecule has 0 aliphatic carbocycles. The zero-order valence-electron chi connectivity index (χ0n) is 76.2. The Hall–Kier alpha value is -6.08. The van der Waals surface area contributed by atoms with Crippen LogP contribution in [-0.4, -0.2) is 444 Å². The van der Waals surface area contributed by atoms with Crippen molar-refractivity contribution < 1.29 is 286 Å². The molecule has 0 aromatic heterocycles. The first-order valence-corrected chi connectivity index (χ1v) is 44.3. The summed E-state index contributed by atoms with van der Waals surface area (Å²) in [7, 11) is 0. The number of carbonyl (C=O) groups is 6. The second kappa shape index (κ2) is 49.6. The van der Waals surface area contributed by atoms with Crippen molar-refractivity contribution in [3.05, 3.63) is 131 Å². The van der Waals surface area contributed by atoms with Gasteiger partial charge in [0, 0.05) is 37.8 Å². The Morgan fingerprint density at radius 2 is 0.714 bits per heavy atom. The smallest absolute Gasteiger partial charge is 0.544 e. The third kappa shape index (κ3) is 25.1. The fourth-order valence-electron chi connectivity index (χ4n) is 18.0. The Kier molecular flexibility index (Phi) is 40.5. The zero-order chi connectivity index (χ0) is 100. The number of aliphatic carboxylic acids is 2. The first-order chi connectivity index (χ1) is 65.6. The Bertz CT molecular complexity index is 4650. The van der Waals surface area contributed by atoms with E-state index in [2.05, 4.69) is 21.3 Å². The van der Waals surface area contributed by atoms with E-state index < -0.39 is 358 Å². The van der Waals surface area contributed by atoms with Crippen LogP contribution in [0.1, 0.15) is 72.4 Å². The summed E-state index contributed by atoms with van der Waals surface area (Å²) in [6.45, 7) is -3.98. The predicted octanol–water partition coefficient (Wildman–Crippen LogP) is -19.5. The van der Waals surface area contributed by atoms with E-state index in [-0.39, 0.29) is 81.4 Å². The number of carbonyl (C=O) groups excluding carboxylic acids is 6. The van der Waals surface area contributed by atoms with E-state index in [1.54, 1.807) is 60.7 Å². The summed E-state index contributed by atoms with van der Waals surface area (Å²) in [6, 6.07) is 21.3.